The Morgan fingerprint density at radius 3 is 2.67 bits per heavy atom. The van der Waals surface area contributed by atoms with Crippen LogP contribution in [0.4, 0.5) is 0 Å². The number of ether oxygens (including phenoxy) is 1. The molecule has 1 fully saturated rings. The molecular weight excluding hydrogens is 330 g/mol. The van der Waals surface area contributed by atoms with Crippen molar-refractivity contribution in [1.82, 2.24) is 14.5 Å². The number of amides is 1. The minimum absolute atomic E-state index is 0.0984. The van der Waals surface area contributed by atoms with E-state index in [0.717, 1.165) is 6.54 Å². The van der Waals surface area contributed by atoms with E-state index in [1.54, 1.807) is 24.1 Å². The standard InChI is InChI=1S/C16H25N3O4S/c1-18(2)8-9-19(3)16(20)13-5-4-6-15(11-13)24(21,22)17-14-7-10-23-12-14/h4-6,11,14,17H,7-10,12H2,1-3H3/t14-/m1/s1. The van der Waals surface area contributed by atoms with Crippen LogP contribution < -0.4 is 4.72 Å². The van der Waals surface area contributed by atoms with Crippen LogP contribution in [-0.2, 0) is 14.8 Å². The molecule has 1 aromatic carbocycles. The molecule has 0 unspecified atom stereocenters. The summed E-state index contributed by atoms with van der Waals surface area (Å²) in [5.41, 5.74) is 0.363. The number of carbonyl (C=O) groups excluding carboxylic acids is 1. The summed E-state index contributed by atoms with van der Waals surface area (Å²) < 4.78 is 32.7. The van der Waals surface area contributed by atoms with Gasteiger partial charge in [0.05, 0.1) is 11.5 Å². The fourth-order valence-electron chi connectivity index (χ4n) is 2.38. The summed E-state index contributed by atoms with van der Waals surface area (Å²) in [6.07, 6.45) is 0.658. The monoisotopic (exact) mass is 355 g/mol. The van der Waals surface area contributed by atoms with Gasteiger partial charge in [0.15, 0.2) is 0 Å². The zero-order chi connectivity index (χ0) is 17.7. The summed E-state index contributed by atoms with van der Waals surface area (Å²) in [5, 5.41) is 0. The van der Waals surface area contributed by atoms with E-state index in [4.69, 9.17) is 4.74 Å². The molecular formula is C16H25N3O4S. The third-order valence-electron chi connectivity index (χ3n) is 3.87. The molecule has 0 aromatic heterocycles. The molecule has 1 heterocycles. The summed E-state index contributed by atoms with van der Waals surface area (Å²) in [4.78, 5) is 16.1. The summed E-state index contributed by atoms with van der Waals surface area (Å²) in [5.74, 6) is -0.196. The molecule has 1 aliphatic rings. The molecule has 0 aliphatic carbocycles. The van der Waals surface area contributed by atoms with Crippen LogP contribution >= 0.6 is 0 Å². The fraction of sp³-hybridized carbons (Fsp3) is 0.562. The van der Waals surface area contributed by atoms with Gasteiger partial charge >= 0.3 is 0 Å². The third-order valence-corrected chi connectivity index (χ3v) is 5.39. The number of sulfonamides is 1. The Kier molecular flexibility index (Phi) is 6.34. The summed E-state index contributed by atoms with van der Waals surface area (Å²) in [7, 11) is 1.92. The number of hydrogen-bond acceptors (Lipinski definition) is 5. The van der Waals surface area contributed by atoms with E-state index in [-0.39, 0.29) is 16.8 Å². The lowest BCUT2D eigenvalue weighted by molar-refractivity contribution is 0.0786. The molecule has 0 bridgehead atoms. The van der Waals surface area contributed by atoms with Crippen LogP contribution in [0.25, 0.3) is 0 Å². The quantitative estimate of drug-likeness (QED) is 0.765. The second-order valence-corrected chi connectivity index (χ2v) is 7.95. The maximum absolute atomic E-state index is 12.5. The summed E-state index contributed by atoms with van der Waals surface area (Å²) in [6.45, 7) is 2.25. The molecule has 0 radical (unpaired) electrons. The van der Waals surface area contributed by atoms with Crippen molar-refractivity contribution in [3.05, 3.63) is 29.8 Å². The molecule has 1 aromatic rings. The zero-order valence-corrected chi connectivity index (χ0v) is 15.2. The van der Waals surface area contributed by atoms with E-state index >= 15 is 0 Å². The van der Waals surface area contributed by atoms with Crippen LogP contribution in [0.3, 0.4) is 0 Å². The number of likely N-dealkylation sites (N-methyl/N-ethyl adjacent to an activating group) is 2. The van der Waals surface area contributed by atoms with E-state index in [9.17, 15) is 13.2 Å². The highest BCUT2D eigenvalue weighted by Crippen LogP contribution is 2.15. The number of nitrogens with zero attached hydrogens (tertiary/aromatic N) is 2. The average Bonchev–Trinajstić information content (AvgIpc) is 3.04. The van der Waals surface area contributed by atoms with Crippen molar-refractivity contribution >= 4 is 15.9 Å². The minimum atomic E-state index is -3.66. The van der Waals surface area contributed by atoms with Gasteiger partial charge in [0.2, 0.25) is 10.0 Å². The number of hydrogen-bond donors (Lipinski definition) is 1. The maximum Gasteiger partial charge on any atom is 0.253 e. The van der Waals surface area contributed by atoms with Crippen LogP contribution in [0.2, 0.25) is 0 Å². The first kappa shape index (κ1) is 18.9. The van der Waals surface area contributed by atoms with Gasteiger partial charge in [-0.25, -0.2) is 13.1 Å². The number of nitrogens with one attached hydrogen (secondary N) is 1. The second kappa shape index (κ2) is 8.06. The molecule has 7 nitrogen and oxygen atoms in total. The van der Waals surface area contributed by atoms with Gasteiger partial charge < -0.3 is 14.5 Å². The largest absolute Gasteiger partial charge is 0.380 e. The van der Waals surface area contributed by atoms with Gasteiger partial charge in [-0.3, -0.25) is 4.79 Å². The first-order valence-corrected chi connectivity index (χ1v) is 9.38. The third kappa shape index (κ3) is 5.01. The lowest BCUT2D eigenvalue weighted by atomic mass is 10.2. The molecule has 1 saturated heterocycles. The van der Waals surface area contributed by atoms with Crippen molar-refractivity contribution in [3.8, 4) is 0 Å². The second-order valence-electron chi connectivity index (χ2n) is 6.24. The highest BCUT2D eigenvalue weighted by Gasteiger charge is 2.24. The van der Waals surface area contributed by atoms with Gasteiger partial charge in [-0.05, 0) is 38.7 Å². The van der Waals surface area contributed by atoms with Crippen LogP contribution in [0, 0.1) is 0 Å². The van der Waals surface area contributed by atoms with Gasteiger partial charge in [0, 0.05) is 38.3 Å². The van der Waals surface area contributed by atoms with E-state index < -0.39 is 10.0 Å². The van der Waals surface area contributed by atoms with Gasteiger partial charge in [-0.1, -0.05) is 6.07 Å². The number of rotatable bonds is 7. The van der Waals surface area contributed by atoms with E-state index in [1.165, 1.54) is 12.1 Å². The highest BCUT2D eigenvalue weighted by atomic mass is 32.2. The predicted octanol–water partition coefficient (Wildman–Crippen LogP) is 0.387. The Labute approximate surface area is 143 Å². The van der Waals surface area contributed by atoms with Gasteiger partial charge in [0.25, 0.3) is 5.91 Å². The Morgan fingerprint density at radius 1 is 1.29 bits per heavy atom. The topological polar surface area (TPSA) is 79.0 Å². The molecule has 2 rings (SSSR count). The predicted molar refractivity (Wildman–Crippen MR) is 91.5 cm³/mol. The van der Waals surface area contributed by atoms with Gasteiger partial charge in [-0.15, -0.1) is 0 Å². The van der Waals surface area contributed by atoms with Crippen molar-refractivity contribution in [2.45, 2.75) is 17.4 Å². The molecule has 8 heteroatoms. The first-order chi connectivity index (χ1) is 11.3. The SMILES string of the molecule is CN(C)CCN(C)C(=O)c1cccc(S(=O)(=O)N[C@@H]2CCOC2)c1. The van der Waals surface area contributed by atoms with E-state index in [1.807, 2.05) is 19.0 Å². The Bertz CT molecular complexity index is 670. The zero-order valence-electron chi connectivity index (χ0n) is 14.4. The van der Waals surface area contributed by atoms with E-state index in [2.05, 4.69) is 4.72 Å². The minimum Gasteiger partial charge on any atom is -0.380 e. The molecule has 1 N–H and O–H groups in total. The molecule has 0 spiro atoms. The van der Waals surface area contributed by atoms with Crippen LogP contribution in [0.15, 0.2) is 29.2 Å². The van der Waals surface area contributed by atoms with Gasteiger partial charge in [-0.2, -0.15) is 0 Å². The number of carbonyl (C=O) groups is 1. The first-order valence-electron chi connectivity index (χ1n) is 7.90. The number of benzene rings is 1. The maximum atomic E-state index is 12.5. The van der Waals surface area contributed by atoms with Crippen molar-refractivity contribution in [2.75, 3.05) is 47.4 Å². The molecule has 24 heavy (non-hydrogen) atoms. The Hall–Kier alpha value is -1.48. The average molecular weight is 355 g/mol. The molecule has 1 atom stereocenters. The van der Waals surface area contributed by atoms with Crippen molar-refractivity contribution < 1.29 is 17.9 Å². The molecule has 134 valence electrons. The Morgan fingerprint density at radius 2 is 2.04 bits per heavy atom. The Balaban J connectivity index is 2.11. The van der Waals surface area contributed by atoms with Gasteiger partial charge in [0.1, 0.15) is 0 Å². The molecule has 1 amide bonds. The summed E-state index contributed by atoms with van der Waals surface area (Å²) >= 11 is 0. The molecule has 1 aliphatic heterocycles. The smallest absolute Gasteiger partial charge is 0.253 e. The normalized spacial score (nSPS) is 18.1. The highest BCUT2D eigenvalue weighted by molar-refractivity contribution is 7.89. The van der Waals surface area contributed by atoms with Crippen LogP contribution in [0.1, 0.15) is 16.8 Å². The lowest BCUT2D eigenvalue weighted by Gasteiger charge is -2.20. The van der Waals surface area contributed by atoms with Crippen LogP contribution in [0.5, 0.6) is 0 Å². The van der Waals surface area contributed by atoms with E-state index in [0.29, 0.717) is 31.7 Å². The summed E-state index contributed by atoms with van der Waals surface area (Å²) in [6, 6.07) is 5.93. The lowest BCUT2D eigenvalue weighted by Crippen LogP contribution is -2.35. The van der Waals surface area contributed by atoms with Crippen molar-refractivity contribution in [3.63, 3.8) is 0 Å². The van der Waals surface area contributed by atoms with Crippen molar-refractivity contribution in [1.29, 1.82) is 0 Å². The van der Waals surface area contributed by atoms with Crippen LogP contribution in [-0.4, -0.2) is 77.6 Å². The fourth-order valence-corrected chi connectivity index (χ4v) is 3.68. The van der Waals surface area contributed by atoms with Crippen molar-refractivity contribution in [2.24, 2.45) is 0 Å². The molecule has 0 saturated carbocycles.